The molecule has 0 spiro atoms. The number of hydrogen-bond acceptors (Lipinski definition) is 1. The molecule has 1 aliphatic rings. The predicted molar refractivity (Wildman–Crippen MR) is 53.7 cm³/mol. The van der Waals surface area contributed by atoms with Crippen molar-refractivity contribution < 1.29 is 4.79 Å². The van der Waals surface area contributed by atoms with Gasteiger partial charge in [-0.25, -0.2) is 4.79 Å². The lowest BCUT2D eigenvalue weighted by atomic mass is 10.1. The minimum absolute atomic E-state index is 0.161. The largest absolute Gasteiger partial charge is 0.331 e. The molecule has 1 unspecified atom stereocenters. The summed E-state index contributed by atoms with van der Waals surface area (Å²) >= 11 is 0. The maximum absolute atomic E-state index is 11.7. The van der Waals surface area contributed by atoms with Crippen molar-refractivity contribution in [3.63, 3.8) is 0 Å². The zero-order valence-corrected chi connectivity index (χ0v) is 8.92. The third kappa shape index (κ3) is 2.61. The van der Waals surface area contributed by atoms with E-state index in [1.807, 2.05) is 19.0 Å². The van der Waals surface area contributed by atoms with E-state index in [-0.39, 0.29) is 6.03 Å². The predicted octanol–water partition coefficient (Wildman–Crippen LogP) is 1.93. The molecule has 76 valence electrons. The van der Waals surface area contributed by atoms with E-state index >= 15 is 0 Å². The molecule has 3 nitrogen and oxygen atoms in total. The maximum Gasteiger partial charge on any atom is 0.319 e. The number of rotatable bonds is 0. The van der Waals surface area contributed by atoms with E-state index in [9.17, 15) is 4.79 Å². The van der Waals surface area contributed by atoms with Gasteiger partial charge in [-0.1, -0.05) is 12.8 Å². The summed E-state index contributed by atoms with van der Waals surface area (Å²) in [6, 6.07) is 0.576. The van der Waals surface area contributed by atoms with Gasteiger partial charge in [0.2, 0.25) is 0 Å². The molecule has 1 rings (SSSR count). The highest BCUT2D eigenvalue weighted by Crippen LogP contribution is 2.17. The summed E-state index contributed by atoms with van der Waals surface area (Å²) in [5.74, 6) is 0. The lowest BCUT2D eigenvalue weighted by Gasteiger charge is -2.29. The van der Waals surface area contributed by atoms with Crippen LogP contribution in [0, 0.1) is 0 Å². The van der Waals surface area contributed by atoms with Gasteiger partial charge in [-0.05, 0) is 19.8 Å². The van der Waals surface area contributed by atoms with Crippen LogP contribution in [-0.2, 0) is 0 Å². The molecule has 0 bridgehead atoms. The number of carbonyl (C=O) groups is 1. The third-order valence-corrected chi connectivity index (χ3v) is 2.68. The second-order valence-corrected chi connectivity index (χ2v) is 4.07. The van der Waals surface area contributed by atoms with Gasteiger partial charge in [0.25, 0.3) is 0 Å². The topological polar surface area (TPSA) is 23.6 Å². The average molecular weight is 184 g/mol. The summed E-state index contributed by atoms with van der Waals surface area (Å²) in [5.41, 5.74) is 0. The molecule has 0 N–H and O–H groups in total. The Kier molecular flexibility index (Phi) is 3.58. The Bertz CT molecular complexity index is 180. The van der Waals surface area contributed by atoms with E-state index in [1.165, 1.54) is 12.8 Å². The highest BCUT2D eigenvalue weighted by molar-refractivity contribution is 5.74. The standard InChI is InChI=1S/C10H20N2O/c1-9-7-5-4-6-8-12(9)10(13)11(2)3/h9H,4-8H2,1-3H3. The van der Waals surface area contributed by atoms with Crippen LogP contribution in [0.15, 0.2) is 0 Å². The summed E-state index contributed by atoms with van der Waals surface area (Å²) in [4.78, 5) is 15.4. The maximum atomic E-state index is 11.7. The fourth-order valence-electron chi connectivity index (χ4n) is 1.82. The summed E-state index contributed by atoms with van der Waals surface area (Å²) in [7, 11) is 3.64. The van der Waals surface area contributed by atoms with Gasteiger partial charge in [-0.15, -0.1) is 0 Å². The molecule has 13 heavy (non-hydrogen) atoms. The molecule has 0 aromatic rings. The molecule has 1 aliphatic heterocycles. The highest BCUT2D eigenvalue weighted by atomic mass is 16.2. The first kappa shape index (κ1) is 10.4. The van der Waals surface area contributed by atoms with Crippen molar-refractivity contribution in [2.75, 3.05) is 20.6 Å². The zero-order chi connectivity index (χ0) is 9.84. The molecular weight excluding hydrogens is 164 g/mol. The van der Waals surface area contributed by atoms with E-state index in [0.29, 0.717) is 6.04 Å². The van der Waals surface area contributed by atoms with Crippen LogP contribution in [0.1, 0.15) is 32.6 Å². The van der Waals surface area contributed by atoms with Gasteiger partial charge in [0.1, 0.15) is 0 Å². The third-order valence-electron chi connectivity index (χ3n) is 2.68. The number of amides is 2. The fraction of sp³-hybridized carbons (Fsp3) is 0.900. The monoisotopic (exact) mass is 184 g/mol. The Balaban J connectivity index is 2.58. The second-order valence-electron chi connectivity index (χ2n) is 4.07. The van der Waals surface area contributed by atoms with Crippen molar-refractivity contribution >= 4 is 6.03 Å². The molecule has 0 aliphatic carbocycles. The highest BCUT2D eigenvalue weighted by Gasteiger charge is 2.22. The number of nitrogens with zero attached hydrogens (tertiary/aromatic N) is 2. The van der Waals surface area contributed by atoms with Gasteiger partial charge >= 0.3 is 6.03 Å². The van der Waals surface area contributed by atoms with Crippen LogP contribution in [0.3, 0.4) is 0 Å². The molecule has 1 fully saturated rings. The molecule has 0 saturated carbocycles. The Morgan fingerprint density at radius 3 is 2.62 bits per heavy atom. The Morgan fingerprint density at radius 1 is 1.31 bits per heavy atom. The van der Waals surface area contributed by atoms with E-state index in [0.717, 1.165) is 19.4 Å². The Morgan fingerprint density at radius 2 is 2.00 bits per heavy atom. The van der Waals surface area contributed by atoms with E-state index in [1.54, 1.807) is 4.90 Å². The average Bonchev–Trinajstić information content (AvgIpc) is 2.28. The lowest BCUT2D eigenvalue weighted by Crippen LogP contribution is -2.44. The quantitative estimate of drug-likeness (QED) is 0.564. The van der Waals surface area contributed by atoms with Gasteiger partial charge in [-0.3, -0.25) is 0 Å². The first-order valence-electron chi connectivity index (χ1n) is 5.11. The molecule has 1 saturated heterocycles. The van der Waals surface area contributed by atoms with Crippen molar-refractivity contribution in [2.24, 2.45) is 0 Å². The molecule has 0 aromatic heterocycles. The normalized spacial score (nSPS) is 23.9. The molecule has 1 heterocycles. The fourth-order valence-corrected chi connectivity index (χ4v) is 1.82. The van der Waals surface area contributed by atoms with Crippen LogP contribution in [0.4, 0.5) is 4.79 Å². The molecule has 2 amide bonds. The second kappa shape index (κ2) is 4.49. The van der Waals surface area contributed by atoms with E-state index in [4.69, 9.17) is 0 Å². The summed E-state index contributed by atoms with van der Waals surface area (Å²) in [6.45, 7) is 3.07. The van der Waals surface area contributed by atoms with Crippen LogP contribution < -0.4 is 0 Å². The van der Waals surface area contributed by atoms with Gasteiger partial charge in [0, 0.05) is 26.7 Å². The van der Waals surface area contributed by atoms with E-state index < -0.39 is 0 Å². The number of urea groups is 1. The van der Waals surface area contributed by atoms with Crippen molar-refractivity contribution in [3.8, 4) is 0 Å². The molecular formula is C10H20N2O. The number of likely N-dealkylation sites (tertiary alicyclic amines) is 1. The van der Waals surface area contributed by atoms with Gasteiger partial charge in [0.15, 0.2) is 0 Å². The van der Waals surface area contributed by atoms with Crippen molar-refractivity contribution in [3.05, 3.63) is 0 Å². The van der Waals surface area contributed by atoms with E-state index in [2.05, 4.69) is 6.92 Å². The smallest absolute Gasteiger partial charge is 0.319 e. The lowest BCUT2D eigenvalue weighted by molar-refractivity contribution is 0.154. The molecule has 1 atom stereocenters. The minimum atomic E-state index is 0.161. The molecule has 3 heteroatoms. The van der Waals surface area contributed by atoms with Crippen LogP contribution in [0.2, 0.25) is 0 Å². The number of hydrogen-bond donors (Lipinski definition) is 0. The van der Waals surface area contributed by atoms with Gasteiger partial charge < -0.3 is 9.80 Å². The number of carbonyl (C=O) groups excluding carboxylic acids is 1. The van der Waals surface area contributed by atoms with Crippen LogP contribution in [0.5, 0.6) is 0 Å². The van der Waals surface area contributed by atoms with Gasteiger partial charge in [-0.2, -0.15) is 0 Å². The van der Waals surface area contributed by atoms with Crippen molar-refractivity contribution in [2.45, 2.75) is 38.6 Å². The van der Waals surface area contributed by atoms with Crippen LogP contribution in [-0.4, -0.2) is 42.5 Å². The zero-order valence-electron chi connectivity index (χ0n) is 8.92. The summed E-state index contributed by atoms with van der Waals surface area (Å²) in [5, 5.41) is 0. The van der Waals surface area contributed by atoms with Crippen LogP contribution in [0.25, 0.3) is 0 Å². The first-order chi connectivity index (χ1) is 6.13. The minimum Gasteiger partial charge on any atom is -0.331 e. The Labute approximate surface area is 80.7 Å². The first-order valence-corrected chi connectivity index (χ1v) is 5.11. The summed E-state index contributed by atoms with van der Waals surface area (Å²) < 4.78 is 0. The molecule has 0 radical (unpaired) electrons. The summed E-state index contributed by atoms with van der Waals surface area (Å²) in [6.07, 6.45) is 4.84. The molecule has 0 aromatic carbocycles. The van der Waals surface area contributed by atoms with Crippen LogP contribution >= 0.6 is 0 Å². The SMILES string of the molecule is CC1CCCCCN1C(=O)N(C)C. The van der Waals surface area contributed by atoms with Crippen molar-refractivity contribution in [1.29, 1.82) is 0 Å². The Hall–Kier alpha value is -0.730. The van der Waals surface area contributed by atoms with Crippen molar-refractivity contribution in [1.82, 2.24) is 9.80 Å². The van der Waals surface area contributed by atoms with Gasteiger partial charge in [0.05, 0.1) is 0 Å².